The molecule has 1 aliphatic carbocycles. The fourth-order valence-electron chi connectivity index (χ4n) is 3.92. The van der Waals surface area contributed by atoms with Crippen molar-refractivity contribution in [2.24, 2.45) is 29.4 Å². The zero-order chi connectivity index (χ0) is 13.8. The molecule has 0 amide bonds. The van der Waals surface area contributed by atoms with Crippen molar-refractivity contribution in [3.8, 4) is 0 Å². The van der Waals surface area contributed by atoms with Crippen molar-refractivity contribution in [2.75, 3.05) is 33.4 Å². The van der Waals surface area contributed by atoms with Crippen LogP contribution in [0.2, 0.25) is 0 Å². The Bertz CT molecular complexity index is 269. The zero-order valence-corrected chi connectivity index (χ0v) is 13.0. The molecule has 0 bridgehead atoms. The van der Waals surface area contributed by atoms with Gasteiger partial charge in [-0.3, -0.25) is 0 Å². The van der Waals surface area contributed by atoms with Crippen molar-refractivity contribution in [3.05, 3.63) is 0 Å². The summed E-state index contributed by atoms with van der Waals surface area (Å²) in [5.74, 6) is 3.16. The van der Waals surface area contributed by atoms with Crippen LogP contribution < -0.4 is 5.73 Å². The third kappa shape index (κ3) is 4.17. The van der Waals surface area contributed by atoms with E-state index in [1.54, 1.807) is 0 Å². The monoisotopic (exact) mass is 268 g/mol. The summed E-state index contributed by atoms with van der Waals surface area (Å²) in [5, 5.41) is 0. The number of likely N-dealkylation sites (tertiary alicyclic amines) is 1. The van der Waals surface area contributed by atoms with Crippen molar-refractivity contribution in [1.82, 2.24) is 4.90 Å². The fraction of sp³-hybridized carbons (Fsp3) is 1.00. The summed E-state index contributed by atoms with van der Waals surface area (Å²) in [6, 6.07) is 0.427. The molecule has 4 unspecified atom stereocenters. The minimum absolute atomic E-state index is 0.427. The third-order valence-electron chi connectivity index (χ3n) is 5.29. The van der Waals surface area contributed by atoms with E-state index in [-0.39, 0.29) is 0 Å². The molecular weight excluding hydrogens is 236 g/mol. The van der Waals surface area contributed by atoms with Crippen LogP contribution in [0.3, 0.4) is 0 Å². The average Bonchev–Trinajstić information content (AvgIpc) is 2.80. The number of ether oxygens (including phenoxy) is 1. The van der Waals surface area contributed by atoms with E-state index in [1.165, 1.54) is 45.3 Å². The van der Waals surface area contributed by atoms with Crippen LogP contribution in [0, 0.1) is 23.7 Å². The van der Waals surface area contributed by atoms with Gasteiger partial charge in [0.2, 0.25) is 0 Å². The first kappa shape index (κ1) is 15.3. The lowest BCUT2D eigenvalue weighted by atomic mass is 9.74. The smallest absolute Gasteiger partial charge is 0.0503 e. The highest BCUT2D eigenvalue weighted by Crippen LogP contribution is 2.34. The van der Waals surface area contributed by atoms with E-state index in [0.29, 0.717) is 12.0 Å². The Hall–Kier alpha value is -0.120. The molecule has 1 saturated carbocycles. The molecule has 2 rings (SSSR count). The lowest BCUT2D eigenvalue weighted by Crippen LogP contribution is -2.43. The normalized spacial score (nSPS) is 37.1. The topological polar surface area (TPSA) is 38.5 Å². The molecule has 0 aromatic carbocycles. The number of rotatable bonds is 5. The van der Waals surface area contributed by atoms with Gasteiger partial charge in [0.15, 0.2) is 0 Å². The first-order valence-electron chi connectivity index (χ1n) is 8.07. The predicted octanol–water partition coefficient (Wildman–Crippen LogP) is 2.35. The summed E-state index contributed by atoms with van der Waals surface area (Å²) in [5.41, 5.74) is 6.36. The van der Waals surface area contributed by atoms with Gasteiger partial charge < -0.3 is 15.4 Å². The molecule has 1 heterocycles. The second kappa shape index (κ2) is 7.05. The summed E-state index contributed by atoms with van der Waals surface area (Å²) in [4.78, 5) is 2.62. The Morgan fingerprint density at radius 1 is 1.26 bits per heavy atom. The van der Waals surface area contributed by atoms with E-state index >= 15 is 0 Å². The van der Waals surface area contributed by atoms with Crippen LogP contribution in [0.5, 0.6) is 0 Å². The zero-order valence-electron chi connectivity index (χ0n) is 13.0. The Morgan fingerprint density at radius 3 is 2.74 bits per heavy atom. The first-order chi connectivity index (χ1) is 9.10. The van der Waals surface area contributed by atoms with Gasteiger partial charge in [0, 0.05) is 26.2 Å². The molecular formula is C16H32N2O. The second-order valence-corrected chi connectivity index (χ2v) is 7.11. The average molecular weight is 268 g/mol. The number of methoxy groups -OCH3 is 1. The SMILES string of the molecule is COCC1CCN(CC2CC(C(C)C)CCC2N)C1. The summed E-state index contributed by atoms with van der Waals surface area (Å²) < 4.78 is 5.28. The molecule has 1 aliphatic heterocycles. The standard InChI is InChI=1S/C16H32N2O/c1-12(2)14-4-5-16(17)15(8-14)10-18-7-6-13(9-18)11-19-3/h12-16H,4-11,17H2,1-3H3. The van der Waals surface area contributed by atoms with Gasteiger partial charge in [0.05, 0.1) is 6.61 Å². The van der Waals surface area contributed by atoms with Gasteiger partial charge in [-0.25, -0.2) is 0 Å². The van der Waals surface area contributed by atoms with Crippen molar-refractivity contribution in [2.45, 2.75) is 45.6 Å². The Morgan fingerprint density at radius 2 is 2.05 bits per heavy atom. The molecule has 2 aliphatic rings. The van der Waals surface area contributed by atoms with Gasteiger partial charge in [-0.2, -0.15) is 0 Å². The van der Waals surface area contributed by atoms with E-state index in [0.717, 1.165) is 24.4 Å². The third-order valence-corrected chi connectivity index (χ3v) is 5.29. The van der Waals surface area contributed by atoms with E-state index in [2.05, 4.69) is 18.7 Å². The molecule has 0 spiro atoms. The van der Waals surface area contributed by atoms with Gasteiger partial charge in [-0.05, 0) is 55.9 Å². The number of hydrogen-bond acceptors (Lipinski definition) is 3. The second-order valence-electron chi connectivity index (χ2n) is 7.11. The largest absolute Gasteiger partial charge is 0.384 e. The summed E-state index contributed by atoms with van der Waals surface area (Å²) >= 11 is 0. The number of nitrogens with two attached hydrogens (primary N) is 1. The van der Waals surface area contributed by atoms with E-state index < -0.39 is 0 Å². The summed E-state index contributed by atoms with van der Waals surface area (Å²) in [7, 11) is 1.81. The van der Waals surface area contributed by atoms with Crippen LogP contribution >= 0.6 is 0 Å². The lowest BCUT2D eigenvalue weighted by Gasteiger charge is -2.38. The Balaban J connectivity index is 1.80. The maximum Gasteiger partial charge on any atom is 0.0503 e. The molecule has 0 aromatic heterocycles. The van der Waals surface area contributed by atoms with Gasteiger partial charge in [-0.1, -0.05) is 13.8 Å². The molecule has 3 nitrogen and oxygen atoms in total. The summed E-state index contributed by atoms with van der Waals surface area (Å²) in [6.07, 6.45) is 5.19. The maximum absolute atomic E-state index is 6.36. The number of nitrogens with zero attached hydrogens (tertiary/aromatic N) is 1. The van der Waals surface area contributed by atoms with Gasteiger partial charge in [0.1, 0.15) is 0 Å². The minimum atomic E-state index is 0.427. The molecule has 19 heavy (non-hydrogen) atoms. The van der Waals surface area contributed by atoms with E-state index in [9.17, 15) is 0 Å². The molecule has 112 valence electrons. The van der Waals surface area contributed by atoms with Gasteiger partial charge >= 0.3 is 0 Å². The molecule has 2 N–H and O–H groups in total. The van der Waals surface area contributed by atoms with Gasteiger partial charge in [-0.15, -0.1) is 0 Å². The van der Waals surface area contributed by atoms with E-state index in [1.807, 2.05) is 7.11 Å². The van der Waals surface area contributed by atoms with Crippen molar-refractivity contribution in [1.29, 1.82) is 0 Å². The quantitative estimate of drug-likeness (QED) is 0.832. The predicted molar refractivity (Wildman–Crippen MR) is 80.1 cm³/mol. The molecule has 0 radical (unpaired) electrons. The molecule has 2 fully saturated rings. The lowest BCUT2D eigenvalue weighted by molar-refractivity contribution is 0.133. The highest BCUT2D eigenvalue weighted by Gasteiger charge is 2.32. The van der Waals surface area contributed by atoms with Crippen LogP contribution in [-0.4, -0.2) is 44.3 Å². The van der Waals surface area contributed by atoms with Crippen LogP contribution in [-0.2, 0) is 4.74 Å². The van der Waals surface area contributed by atoms with E-state index in [4.69, 9.17) is 10.5 Å². The molecule has 3 heteroatoms. The van der Waals surface area contributed by atoms with Crippen molar-refractivity contribution < 1.29 is 4.74 Å². The Labute approximate surface area is 118 Å². The van der Waals surface area contributed by atoms with Crippen LogP contribution in [0.15, 0.2) is 0 Å². The number of hydrogen-bond donors (Lipinski definition) is 1. The first-order valence-corrected chi connectivity index (χ1v) is 8.07. The highest BCUT2D eigenvalue weighted by atomic mass is 16.5. The van der Waals surface area contributed by atoms with Crippen molar-refractivity contribution in [3.63, 3.8) is 0 Å². The van der Waals surface area contributed by atoms with Crippen LogP contribution in [0.4, 0.5) is 0 Å². The maximum atomic E-state index is 6.36. The Kier molecular flexibility index (Phi) is 5.67. The fourth-order valence-corrected chi connectivity index (χ4v) is 3.92. The van der Waals surface area contributed by atoms with Gasteiger partial charge in [0.25, 0.3) is 0 Å². The van der Waals surface area contributed by atoms with Crippen molar-refractivity contribution >= 4 is 0 Å². The molecule has 4 atom stereocenters. The minimum Gasteiger partial charge on any atom is -0.384 e. The van der Waals surface area contributed by atoms with Crippen LogP contribution in [0.25, 0.3) is 0 Å². The van der Waals surface area contributed by atoms with Crippen LogP contribution in [0.1, 0.15) is 39.5 Å². The highest BCUT2D eigenvalue weighted by molar-refractivity contribution is 4.87. The molecule has 0 aromatic rings. The molecule has 1 saturated heterocycles. The summed E-state index contributed by atoms with van der Waals surface area (Å²) in [6.45, 7) is 9.31.